The molecule has 1 atom stereocenters. The van der Waals surface area contributed by atoms with Gasteiger partial charge in [-0.25, -0.2) is 8.78 Å². The lowest BCUT2D eigenvalue weighted by atomic mass is 10.2. The first-order valence-corrected chi connectivity index (χ1v) is 5.49. The zero-order valence-electron chi connectivity index (χ0n) is 9.59. The second kappa shape index (κ2) is 6.43. The molecule has 0 aliphatic rings. The van der Waals surface area contributed by atoms with Gasteiger partial charge in [-0.05, 0) is 13.0 Å². The maximum absolute atomic E-state index is 12.9. The molecule has 0 fully saturated rings. The number of benzene rings is 1. The first-order valence-electron chi connectivity index (χ1n) is 5.49. The molecule has 16 heavy (non-hydrogen) atoms. The minimum atomic E-state index is -0.617. The Kier molecular flexibility index (Phi) is 5.19. The first kappa shape index (κ1) is 12.9. The van der Waals surface area contributed by atoms with Crippen LogP contribution in [-0.4, -0.2) is 19.2 Å². The molecule has 1 aromatic carbocycles. The molecule has 0 saturated carbocycles. The SMILES string of the molecule is CCNCC(CC)Oc1cc(F)cc(F)c1. The van der Waals surface area contributed by atoms with Crippen molar-refractivity contribution in [2.75, 3.05) is 13.1 Å². The summed E-state index contributed by atoms with van der Waals surface area (Å²) in [5.41, 5.74) is 0. The maximum atomic E-state index is 12.9. The van der Waals surface area contributed by atoms with Crippen LogP contribution in [0.1, 0.15) is 20.3 Å². The van der Waals surface area contributed by atoms with Gasteiger partial charge in [0.15, 0.2) is 0 Å². The Bertz CT molecular complexity index is 311. The summed E-state index contributed by atoms with van der Waals surface area (Å²) in [7, 11) is 0. The quantitative estimate of drug-likeness (QED) is 0.809. The van der Waals surface area contributed by atoms with Crippen molar-refractivity contribution in [2.45, 2.75) is 26.4 Å². The number of ether oxygens (including phenoxy) is 1. The van der Waals surface area contributed by atoms with Crippen LogP contribution in [0.25, 0.3) is 0 Å². The van der Waals surface area contributed by atoms with E-state index < -0.39 is 11.6 Å². The third-order valence-corrected chi connectivity index (χ3v) is 2.22. The largest absolute Gasteiger partial charge is 0.489 e. The summed E-state index contributed by atoms with van der Waals surface area (Å²) in [5, 5.41) is 3.14. The normalized spacial score (nSPS) is 12.5. The Hall–Kier alpha value is -1.16. The van der Waals surface area contributed by atoms with Gasteiger partial charge in [-0.1, -0.05) is 13.8 Å². The summed E-state index contributed by atoms with van der Waals surface area (Å²) in [4.78, 5) is 0. The molecular weight excluding hydrogens is 212 g/mol. The third-order valence-electron chi connectivity index (χ3n) is 2.22. The van der Waals surface area contributed by atoms with E-state index in [-0.39, 0.29) is 11.9 Å². The van der Waals surface area contributed by atoms with E-state index in [0.717, 1.165) is 19.0 Å². The van der Waals surface area contributed by atoms with Crippen molar-refractivity contribution in [1.29, 1.82) is 0 Å². The van der Waals surface area contributed by atoms with Crippen molar-refractivity contribution in [1.82, 2.24) is 5.32 Å². The molecule has 0 heterocycles. The van der Waals surface area contributed by atoms with Gasteiger partial charge in [0.05, 0.1) is 0 Å². The average Bonchev–Trinajstić information content (AvgIpc) is 2.22. The molecule has 0 saturated heterocycles. The lowest BCUT2D eigenvalue weighted by molar-refractivity contribution is 0.193. The zero-order chi connectivity index (χ0) is 12.0. The Balaban J connectivity index is 2.62. The summed E-state index contributed by atoms with van der Waals surface area (Å²) in [6.07, 6.45) is 0.714. The van der Waals surface area contributed by atoms with Crippen molar-refractivity contribution in [3.8, 4) is 5.75 Å². The highest BCUT2D eigenvalue weighted by Gasteiger charge is 2.09. The van der Waals surface area contributed by atoms with E-state index in [1.807, 2.05) is 13.8 Å². The first-order chi connectivity index (χ1) is 7.65. The van der Waals surface area contributed by atoms with E-state index in [1.165, 1.54) is 12.1 Å². The van der Waals surface area contributed by atoms with Crippen molar-refractivity contribution in [3.05, 3.63) is 29.8 Å². The van der Waals surface area contributed by atoms with E-state index in [0.29, 0.717) is 6.54 Å². The fourth-order valence-electron chi connectivity index (χ4n) is 1.36. The van der Waals surface area contributed by atoms with Crippen LogP contribution >= 0.6 is 0 Å². The Morgan fingerprint density at radius 2 is 1.81 bits per heavy atom. The molecule has 0 bridgehead atoms. The van der Waals surface area contributed by atoms with Crippen LogP contribution in [0.3, 0.4) is 0 Å². The highest BCUT2D eigenvalue weighted by atomic mass is 19.1. The summed E-state index contributed by atoms with van der Waals surface area (Å²) >= 11 is 0. The molecule has 1 aromatic rings. The number of hydrogen-bond acceptors (Lipinski definition) is 2. The number of rotatable bonds is 6. The number of nitrogens with one attached hydrogen (secondary N) is 1. The van der Waals surface area contributed by atoms with Gasteiger partial charge in [0.1, 0.15) is 23.5 Å². The van der Waals surface area contributed by atoms with Gasteiger partial charge in [-0.3, -0.25) is 0 Å². The molecule has 0 aromatic heterocycles. The van der Waals surface area contributed by atoms with Crippen LogP contribution in [0.5, 0.6) is 5.75 Å². The molecule has 0 aliphatic heterocycles. The zero-order valence-corrected chi connectivity index (χ0v) is 9.59. The minimum Gasteiger partial charge on any atom is -0.489 e. The summed E-state index contributed by atoms with van der Waals surface area (Å²) in [5.74, 6) is -0.996. The Morgan fingerprint density at radius 3 is 2.31 bits per heavy atom. The van der Waals surface area contributed by atoms with Crippen LogP contribution in [0.15, 0.2) is 18.2 Å². The van der Waals surface area contributed by atoms with Gasteiger partial charge in [0.25, 0.3) is 0 Å². The topological polar surface area (TPSA) is 21.3 Å². The minimum absolute atomic E-state index is 0.0684. The molecule has 1 N–H and O–H groups in total. The Labute approximate surface area is 94.6 Å². The van der Waals surface area contributed by atoms with Gasteiger partial charge in [0.2, 0.25) is 0 Å². The predicted molar refractivity (Wildman–Crippen MR) is 59.6 cm³/mol. The van der Waals surface area contributed by atoms with E-state index >= 15 is 0 Å². The van der Waals surface area contributed by atoms with Crippen LogP contribution in [0.4, 0.5) is 8.78 Å². The van der Waals surface area contributed by atoms with Gasteiger partial charge >= 0.3 is 0 Å². The molecule has 0 radical (unpaired) electrons. The van der Waals surface area contributed by atoms with Gasteiger partial charge in [-0.15, -0.1) is 0 Å². The van der Waals surface area contributed by atoms with Crippen LogP contribution in [-0.2, 0) is 0 Å². The number of halogens is 2. The highest BCUT2D eigenvalue weighted by molar-refractivity contribution is 5.24. The number of hydrogen-bond donors (Lipinski definition) is 1. The van der Waals surface area contributed by atoms with E-state index in [9.17, 15) is 8.78 Å². The summed E-state index contributed by atoms with van der Waals surface area (Å²) < 4.78 is 31.3. The molecule has 2 nitrogen and oxygen atoms in total. The smallest absolute Gasteiger partial charge is 0.129 e. The van der Waals surface area contributed by atoms with E-state index in [4.69, 9.17) is 4.74 Å². The summed E-state index contributed by atoms with van der Waals surface area (Å²) in [6.45, 7) is 5.48. The van der Waals surface area contributed by atoms with Crippen molar-refractivity contribution in [2.24, 2.45) is 0 Å². The average molecular weight is 229 g/mol. The van der Waals surface area contributed by atoms with Crippen molar-refractivity contribution < 1.29 is 13.5 Å². The molecule has 0 spiro atoms. The summed E-state index contributed by atoms with van der Waals surface area (Å²) in [6, 6.07) is 3.22. The molecule has 4 heteroatoms. The van der Waals surface area contributed by atoms with Crippen LogP contribution in [0.2, 0.25) is 0 Å². The molecule has 0 amide bonds. The monoisotopic (exact) mass is 229 g/mol. The fraction of sp³-hybridized carbons (Fsp3) is 0.500. The van der Waals surface area contributed by atoms with Crippen molar-refractivity contribution >= 4 is 0 Å². The van der Waals surface area contributed by atoms with Gasteiger partial charge in [-0.2, -0.15) is 0 Å². The van der Waals surface area contributed by atoms with E-state index in [2.05, 4.69) is 5.32 Å². The second-order valence-electron chi connectivity index (χ2n) is 3.56. The molecular formula is C12H17F2NO. The van der Waals surface area contributed by atoms with Crippen LogP contribution < -0.4 is 10.1 Å². The van der Waals surface area contributed by atoms with E-state index in [1.54, 1.807) is 0 Å². The second-order valence-corrected chi connectivity index (χ2v) is 3.56. The molecule has 90 valence electrons. The number of likely N-dealkylation sites (N-methyl/N-ethyl adjacent to an activating group) is 1. The highest BCUT2D eigenvalue weighted by Crippen LogP contribution is 2.17. The molecule has 1 unspecified atom stereocenters. The van der Waals surface area contributed by atoms with Gasteiger partial charge in [0, 0.05) is 24.7 Å². The fourth-order valence-corrected chi connectivity index (χ4v) is 1.36. The maximum Gasteiger partial charge on any atom is 0.129 e. The lowest BCUT2D eigenvalue weighted by Gasteiger charge is -2.17. The predicted octanol–water partition coefficient (Wildman–Crippen LogP) is 2.73. The standard InChI is InChI=1S/C12H17F2NO/c1-3-11(8-15-4-2)16-12-6-9(13)5-10(14)7-12/h5-7,11,15H,3-4,8H2,1-2H3. The Morgan fingerprint density at radius 1 is 1.19 bits per heavy atom. The van der Waals surface area contributed by atoms with Crippen molar-refractivity contribution in [3.63, 3.8) is 0 Å². The van der Waals surface area contributed by atoms with Crippen LogP contribution in [0, 0.1) is 11.6 Å². The molecule has 0 aliphatic carbocycles. The lowest BCUT2D eigenvalue weighted by Crippen LogP contribution is -2.30. The third kappa shape index (κ3) is 4.14. The van der Waals surface area contributed by atoms with Gasteiger partial charge < -0.3 is 10.1 Å². The molecule has 1 rings (SSSR count).